The number of aromatic nitrogens is 5. The lowest BCUT2D eigenvalue weighted by Crippen LogP contribution is -2.08. The molecule has 4 aromatic rings. The van der Waals surface area contributed by atoms with E-state index in [9.17, 15) is 9.50 Å². The molecule has 0 saturated carbocycles. The normalized spacial score (nSPS) is 11.1. The molecule has 0 bridgehead atoms. The van der Waals surface area contributed by atoms with Gasteiger partial charge in [-0.25, -0.2) is 9.37 Å². The van der Waals surface area contributed by atoms with Crippen molar-refractivity contribution in [1.29, 1.82) is 0 Å². The number of benzene rings is 1. The molecule has 9 heteroatoms. The van der Waals surface area contributed by atoms with Gasteiger partial charge in [0.2, 0.25) is 5.95 Å². The van der Waals surface area contributed by atoms with Crippen LogP contribution >= 0.6 is 0 Å². The molecule has 0 aliphatic carbocycles. The molecule has 0 fully saturated rings. The van der Waals surface area contributed by atoms with Gasteiger partial charge in [0.25, 0.3) is 0 Å². The van der Waals surface area contributed by atoms with Crippen LogP contribution in [0.5, 0.6) is 0 Å². The largest absolute Gasteiger partial charge is 0.392 e. The van der Waals surface area contributed by atoms with Gasteiger partial charge in [0.1, 0.15) is 11.6 Å². The standard InChI is InChI=1S/C20H20FN7O/c1-2-24-20-26-17(22)16-19(27-20)28(10-12-3-5-13(11-29)6-4-12)18(25-16)14-7-15(21)9-23-8-14/h3-9,29H,2,10-11H2,1H3,(H3,22,24,26,27). The highest BCUT2D eigenvalue weighted by atomic mass is 19.1. The van der Waals surface area contributed by atoms with Gasteiger partial charge in [0.05, 0.1) is 19.3 Å². The Bertz CT molecular complexity index is 1160. The van der Waals surface area contributed by atoms with Crippen molar-refractivity contribution in [2.75, 3.05) is 17.6 Å². The maximum atomic E-state index is 13.8. The van der Waals surface area contributed by atoms with Crippen molar-refractivity contribution in [3.05, 3.63) is 59.7 Å². The Labute approximate surface area is 166 Å². The Hall–Kier alpha value is -3.59. The highest BCUT2D eigenvalue weighted by Crippen LogP contribution is 2.28. The third kappa shape index (κ3) is 3.72. The fourth-order valence-corrected chi connectivity index (χ4v) is 3.10. The molecule has 1 aromatic carbocycles. The lowest BCUT2D eigenvalue weighted by molar-refractivity contribution is 0.282. The summed E-state index contributed by atoms with van der Waals surface area (Å²) in [5.41, 5.74) is 9.41. The van der Waals surface area contributed by atoms with Crippen LogP contribution in [0.4, 0.5) is 16.2 Å². The summed E-state index contributed by atoms with van der Waals surface area (Å²) in [6.07, 6.45) is 2.69. The number of pyridine rings is 1. The Morgan fingerprint density at radius 1 is 1.10 bits per heavy atom. The van der Waals surface area contributed by atoms with E-state index in [1.807, 2.05) is 35.8 Å². The third-order valence-electron chi connectivity index (χ3n) is 4.47. The second kappa shape index (κ2) is 7.80. The molecule has 3 aromatic heterocycles. The number of nitrogen functional groups attached to an aromatic ring is 1. The first-order valence-corrected chi connectivity index (χ1v) is 9.16. The van der Waals surface area contributed by atoms with Gasteiger partial charge < -0.3 is 20.7 Å². The molecular formula is C20H20FN7O. The van der Waals surface area contributed by atoms with Crippen molar-refractivity contribution in [3.8, 4) is 11.4 Å². The van der Waals surface area contributed by atoms with Gasteiger partial charge in [-0.1, -0.05) is 24.3 Å². The zero-order chi connectivity index (χ0) is 20.4. The van der Waals surface area contributed by atoms with Crippen molar-refractivity contribution in [3.63, 3.8) is 0 Å². The summed E-state index contributed by atoms with van der Waals surface area (Å²) < 4.78 is 15.7. The van der Waals surface area contributed by atoms with E-state index in [1.165, 1.54) is 6.07 Å². The minimum Gasteiger partial charge on any atom is -0.392 e. The minimum atomic E-state index is -0.458. The number of fused-ring (bicyclic) bond motifs is 1. The van der Waals surface area contributed by atoms with Gasteiger partial charge in [-0.3, -0.25) is 4.98 Å². The van der Waals surface area contributed by atoms with Gasteiger partial charge in [0, 0.05) is 18.3 Å². The van der Waals surface area contributed by atoms with Crippen molar-refractivity contribution in [1.82, 2.24) is 24.5 Å². The number of hydrogen-bond donors (Lipinski definition) is 3. The molecule has 0 unspecified atom stereocenters. The molecule has 0 radical (unpaired) electrons. The number of imidazole rings is 1. The fraction of sp³-hybridized carbons (Fsp3) is 0.200. The highest BCUT2D eigenvalue weighted by molar-refractivity contribution is 5.86. The number of nitrogens with two attached hydrogens (primary N) is 1. The van der Waals surface area contributed by atoms with Crippen LogP contribution in [0.15, 0.2) is 42.7 Å². The highest BCUT2D eigenvalue weighted by Gasteiger charge is 2.19. The van der Waals surface area contributed by atoms with Crippen LogP contribution in [-0.4, -0.2) is 36.2 Å². The minimum absolute atomic E-state index is 0.0235. The number of anilines is 2. The summed E-state index contributed by atoms with van der Waals surface area (Å²) in [4.78, 5) is 17.3. The first kappa shape index (κ1) is 18.8. The van der Waals surface area contributed by atoms with Crippen molar-refractivity contribution < 1.29 is 9.50 Å². The lowest BCUT2D eigenvalue weighted by Gasteiger charge is -2.10. The van der Waals surface area contributed by atoms with Gasteiger partial charge in [-0.15, -0.1) is 0 Å². The van der Waals surface area contributed by atoms with E-state index in [1.54, 1.807) is 6.20 Å². The van der Waals surface area contributed by atoms with E-state index >= 15 is 0 Å². The van der Waals surface area contributed by atoms with Crippen molar-refractivity contribution in [2.45, 2.75) is 20.1 Å². The van der Waals surface area contributed by atoms with Crippen LogP contribution in [0, 0.1) is 5.82 Å². The quantitative estimate of drug-likeness (QED) is 0.461. The van der Waals surface area contributed by atoms with E-state index < -0.39 is 5.82 Å². The first-order chi connectivity index (χ1) is 14.1. The van der Waals surface area contributed by atoms with Crippen molar-refractivity contribution in [2.24, 2.45) is 0 Å². The molecule has 4 N–H and O–H groups in total. The monoisotopic (exact) mass is 393 g/mol. The van der Waals surface area contributed by atoms with Crippen LogP contribution in [-0.2, 0) is 13.2 Å². The zero-order valence-corrected chi connectivity index (χ0v) is 15.8. The molecule has 0 aliphatic heterocycles. The summed E-state index contributed by atoms with van der Waals surface area (Å²) in [6.45, 7) is 2.98. The number of halogens is 1. The van der Waals surface area contributed by atoms with E-state index in [-0.39, 0.29) is 12.4 Å². The summed E-state index contributed by atoms with van der Waals surface area (Å²) >= 11 is 0. The molecule has 8 nitrogen and oxygen atoms in total. The average molecular weight is 393 g/mol. The Kier molecular flexibility index (Phi) is 5.05. The van der Waals surface area contributed by atoms with Crippen LogP contribution in [0.25, 0.3) is 22.6 Å². The predicted molar refractivity (Wildman–Crippen MR) is 109 cm³/mol. The summed E-state index contributed by atoms with van der Waals surface area (Å²) in [5, 5.41) is 12.3. The summed E-state index contributed by atoms with van der Waals surface area (Å²) in [7, 11) is 0. The molecule has 29 heavy (non-hydrogen) atoms. The number of hydrogen-bond acceptors (Lipinski definition) is 7. The second-order valence-corrected chi connectivity index (χ2v) is 6.52. The van der Waals surface area contributed by atoms with Gasteiger partial charge in [-0.05, 0) is 24.1 Å². The summed E-state index contributed by atoms with van der Waals surface area (Å²) in [6, 6.07) is 8.91. The Morgan fingerprint density at radius 2 is 1.86 bits per heavy atom. The topological polar surface area (TPSA) is 115 Å². The van der Waals surface area contributed by atoms with Crippen LogP contribution < -0.4 is 11.1 Å². The van der Waals surface area contributed by atoms with Gasteiger partial charge in [-0.2, -0.15) is 9.97 Å². The predicted octanol–water partition coefficient (Wildman–Crippen LogP) is 2.58. The van der Waals surface area contributed by atoms with Crippen LogP contribution in [0.2, 0.25) is 0 Å². The molecule has 0 aliphatic rings. The van der Waals surface area contributed by atoms with E-state index in [0.29, 0.717) is 41.6 Å². The molecule has 4 rings (SSSR count). The van der Waals surface area contributed by atoms with Crippen molar-refractivity contribution >= 4 is 22.9 Å². The van der Waals surface area contributed by atoms with Crippen LogP contribution in [0.3, 0.4) is 0 Å². The lowest BCUT2D eigenvalue weighted by atomic mass is 10.1. The maximum absolute atomic E-state index is 13.8. The molecule has 148 valence electrons. The number of aliphatic hydroxyl groups excluding tert-OH is 1. The summed E-state index contributed by atoms with van der Waals surface area (Å²) in [5.74, 6) is 0.679. The third-order valence-corrected chi connectivity index (χ3v) is 4.47. The Balaban J connectivity index is 1.90. The maximum Gasteiger partial charge on any atom is 0.226 e. The molecule has 0 amide bonds. The SMILES string of the molecule is CCNc1nc(N)c2nc(-c3cncc(F)c3)n(Cc3ccc(CO)cc3)c2n1. The number of rotatable bonds is 6. The number of nitrogens with zero attached hydrogens (tertiary/aromatic N) is 5. The van der Waals surface area contributed by atoms with E-state index in [4.69, 9.17) is 5.73 Å². The smallest absolute Gasteiger partial charge is 0.226 e. The Morgan fingerprint density at radius 3 is 2.55 bits per heavy atom. The molecule has 0 spiro atoms. The van der Waals surface area contributed by atoms with Gasteiger partial charge in [0.15, 0.2) is 17.0 Å². The van der Waals surface area contributed by atoms with Gasteiger partial charge >= 0.3 is 0 Å². The number of nitrogens with one attached hydrogen (secondary N) is 1. The van der Waals surface area contributed by atoms with E-state index in [0.717, 1.165) is 17.3 Å². The van der Waals surface area contributed by atoms with E-state index in [2.05, 4.69) is 25.3 Å². The fourth-order valence-electron chi connectivity index (χ4n) is 3.10. The number of aliphatic hydroxyl groups is 1. The zero-order valence-electron chi connectivity index (χ0n) is 15.8. The first-order valence-electron chi connectivity index (χ1n) is 9.16. The molecule has 3 heterocycles. The molecule has 0 saturated heterocycles. The molecule has 0 atom stereocenters. The molecular weight excluding hydrogens is 373 g/mol. The second-order valence-electron chi connectivity index (χ2n) is 6.52. The van der Waals surface area contributed by atoms with Crippen LogP contribution in [0.1, 0.15) is 18.1 Å². The average Bonchev–Trinajstić information content (AvgIpc) is 3.08.